The van der Waals surface area contributed by atoms with E-state index in [9.17, 15) is 4.79 Å². The standard InChI is InChI=1S/C8H10N6O2S/c9-8-12-6-5(7(15)13-8)10-3-14(6)4-17-2-1-11-16/h1,3,16H,2,4H2,(H3,9,12,13,15)/b11-1+. The van der Waals surface area contributed by atoms with Crippen LogP contribution in [0.5, 0.6) is 0 Å². The number of aromatic nitrogens is 4. The van der Waals surface area contributed by atoms with Crippen molar-refractivity contribution in [1.29, 1.82) is 0 Å². The number of fused-ring (bicyclic) bond motifs is 1. The predicted molar refractivity (Wildman–Crippen MR) is 65.3 cm³/mol. The summed E-state index contributed by atoms with van der Waals surface area (Å²) in [6.45, 7) is 0. The maximum absolute atomic E-state index is 11.5. The zero-order valence-corrected chi connectivity index (χ0v) is 9.52. The first-order valence-corrected chi connectivity index (χ1v) is 5.82. The van der Waals surface area contributed by atoms with Gasteiger partial charge in [-0.3, -0.25) is 9.78 Å². The van der Waals surface area contributed by atoms with Crippen LogP contribution in [-0.4, -0.2) is 36.7 Å². The third-order valence-electron chi connectivity index (χ3n) is 2.00. The van der Waals surface area contributed by atoms with Gasteiger partial charge in [-0.1, -0.05) is 0 Å². The fourth-order valence-electron chi connectivity index (χ4n) is 1.30. The molecular weight excluding hydrogens is 244 g/mol. The number of hydrogen-bond donors (Lipinski definition) is 3. The predicted octanol–water partition coefficient (Wildman–Crippen LogP) is -0.148. The van der Waals surface area contributed by atoms with E-state index in [1.165, 1.54) is 24.3 Å². The molecule has 0 amide bonds. The van der Waals surface area contributed by atoms with Crippen molar-refractivity contribution in [3.8, 4) is 0 Å². The molecule has 90 valence electrons. The molecule has 2 aromatic heterocycles. The van der Waals surface area contributed by atoms with Gasteiger partial charge in [-0.15, -0.1) is 16.9 Å². The lowest BCUT2D eigenvalue weighted by Crippen LogP contribution is -2.12. The number of oxime groups is 1. The lowest BCUT2D eigenvalue weighted by Gasteiger charge is -2.01. The van der Waals surface area contributed by atoms with Crippen LogP contribution in [0.15, 0.2) is 16.3 Å². The van der Waals surface area contributed by atoms with Gasteiger partial charge in [0.1, 0.15) is 0 Å². The van der Waals surface area contributed by atoms with E-state index >= 15 is 0 Å². The normalized spacial score (nSPS) is 11.5. The van der Waals surface area contributed by atoms with E-state index in [-0.39, 0.29) is 17.0 Å². The van der Waals surface area contributed by atoms with Crippen molar-refractivity contribution in [1.82, 2.24) is 19.5 Å². The molecule has 0 saturated heterocycles. The molecule has 0 spiro atoms. The van der Waals surface area contributed by atoms with Crippen molar-refractivity contribution >= 4 is 35.1 Å². The number of nitrogens with zero attached hydrogens (tertiary/aromatic N) is 4. The molecule has 17 heavy (non-hydrogen) atoms. The molecule has 0 saturated carbocycles. The quantitative estimate of drug-likeness (QED) is 0.302. The maximum Gasteiger partial charge on any atom is 0.280 e. The molecule has 0 aliphatic heterocycles. The highest BCUT2D eigenvalue weighted by Gasteiger charge is 2.08. The number of anilines is 1. The van der Waals surface area contributed by atoms with Gasteiger partial charge in [0.25, 0.3) is 5.56 Å². The molecule has 4 N–H and O–H groups in total. The van der Waals surface area contributed by atoms with Crippen LogP contribution in [0, 0.1) is 0 Å². The summed E-state index contributed by atoms with van der Waals surface area (Å²) in [6.07, 6.45) is 2.90. The van der Waals surface area contributed by atoms with Gasteiger partial charge in [-0.2, -0.15) is 4.98 Å². The van der Waals surface area contributed by atoms with E-state index in [1.807, 2.05) is 0 Å². The van der Waals surface area contributed by atoms with Gasteiger partial charge in [0, 0.05) is 5.75 Å². The van der Waals surface area contributed by atoms with Crippen LogP contribution < -0.4 is 11.3 Å². The molecular formula is C8H10N6O2S. The highest BCUT2D eigenvalue weighted by atomic mass is 32.2. The topological polar surface area (TPSA) is 122 Å². The van der Waals surface area contributed by atoms with E-state index in [0.29, 0.717) is 17.3 Å². The molecule has 2 aromatic rings. The van der Waals surface area contributed by atoms with Crippen LogP contribution in [0.25, 0.3) is 11.2 Å². The van der Waals surface area contributed by atoms with Gasteiger partial charge in [-0.25, -0.2) is 4.98 Å². The van der Waals surface area contributed by atoms with Gasteiger partial charge in [0.15, 0.2) is 11.2 Å². The SMILES string of the molecule is Nc1nc2c(ncn2CSC/C=N/O)c(=O)[nH]1. The van der Waals surface area contributed by atoms with Crippen LogP contribution in [0.4, 0.5) is 5.95 Å². The van der Waals surface area contributed by atoms with Crippen LogP contribution in [0.2, 0.25) is 0 Å². The fourth-order valence-corrected chi connectivity index (χ4v) is 1.97. The van der Waals surface area contributed by atoms with E-state index < -0.39 is 0 Å². The molecule has 9 heteroatoms. The van der Waals surface area contributed by atoms with E-state index in [4.69, 9.17) is 10.9 Å². The first-order chi connectivity index (χ1) is 8.22. The number of aromatic amines is 1. The van der Waals surface area contributed by atoms with Crippen LogP contribution >= 0.6 is 11.8 Å². The molecule has 0 aliphatic rings. The van der Waals surface area contributed by atoms with Gasteiger partial charge in [-0.05, 0) is 0 Å². The van der Waals surface area contributed by atoms with E-state index in [2.05, 4.69) is 20.1 Å². The van der Waals surface area contributed by atoms with Gasteiger partial charge >= 0.3 is 0 Å². The molecule has 0 fully saturated rings. The van der Waals surface area contributed by atoms with Crippen molar-refractivity contribution in [2.75, 3.05) is 11.5 Å². The summed E-state index contributed by atoms with van der Waals surface area (Å²) in [5.74, 6) is 1.15. The summed E-state index contributed by atoms with van der Waals surface area (Å²) in [6, 6.07) is 0. The summed E-state index contributed by atoms with van der Waals surface area (Å²) >= 11 is 1.48. The van der Waals surface area contributed by atoms with Crippen molar-refractivity contribution in [2.24, 2.45) is 5.16 Å². The van der Waals surface area contributed by atoms with E-state index in [0.717, 1.165) is 0 Å². The fraction of sp³-hybridized carbons (Fsp3) is 0.250. The van der Waals surface area contributed by atoms with Gasteiger partial charge in [0.05, 0.1) is 18.4 Å². The lowest BCUT2D eigenvalue weighted by atomic mass is 10.5. The largest absolute Gasteiger partial charge is 0.411 e. The number of nitrogens with one attached hydrogen (secondary N) is 1. The molecule has 2 heterocycles. The Hall–Kier alpha value is -2.03. The molecule has 0 radical (unpaired) electrons. The first-order valence-electron chi connectivity index (χ1n) is 4.66. The summed E-state index contributed by atoms with van der Waals surface area (Å²) < 4.78 is 1.71. The Morgan fingerprint density at radius 2 is 2.53 bits per heavy atom. The second-order valence-corrected chi connectivity index (χ2v) is 4.14. The van der Waals surface area contributed by atoms with Crippen molar-refractivity contribution in [3.05, 3.63) is 16.7 Å². The zero-order chi connectivity index (χ0) is 12.3. The smallest absolute Gasteiger partial charge is 0.280 e. The minimum Gasteiger partial charge on any atom is -0.411 e. The van der Waals surface area contributed by atoms with E-state index in [1.54, 1.807) is 4.57 Å². The van der Waals surface area contributed by atoms with Gasteiger partial charge in [0.2, 0.25) is 5.95 Å². The number of imidazole rings is 1. The Morgan fingerprint density at radius 3 is 3.29 bits per heavy atom. The highest BCUT2D eigenvalue weighted by Crippen LogP contribution is 2.10. The third-order valence-corrected chi connectivity index (χ3v) is 2.84. The summed E-state index contributed by atoms with van der Waals surface area (Å²) in [7, 11) is 0. The Balaban J connectivity index is 2.26. The first kappa shape index (κ1) is 11.5. The van der Waals surface area contributed by atoms with Crippen molar-refractivity contribution in [2.45, 2.75) is 5.88 Å². The number of rotatable bonds is 4. The highest BCUT2D eigenvalue weighted by molar-refractivity contribution is 7.98. The molecule has 0 unspecified atom stereocenters. The van der Waals surface area contributed by atoms with Crippen molar-refractivity contribution in [3.63, 3.8) is 0 Å². The third kappa shape index (κ3) is 2.38. The average Bonchev–Trinajstić information content (AvgIpc) is 2.68. The minimum absolute atomic E-state index is 0.0613. The Labute approximate surface area is 99.6 Å². The molecule has 0 aromatic carbocycles. The molecule has 8 nitrogen and oxygen atoms in total. The molecule has 0 atom stereocenters. The number of nitrogens with two attached hydrogens (primary N) is 1. The molecule has 2 rings (SSSR count). The maximum atomic E-state index is 11.5. The summed E-state index contributed by atoms with van der Waals surface area (Å²) in [5, 5.41) is 11.1. The van der Waals surface area contributed by atoms with Crippen LogP contribution in [0.3, 0.4) is 0 Å². The number of nitrogen functional groups attached to an aromatic ring is 1. The average molecular weight is 254 g/mol. The Bertz CT molecular complexity index is 604. The summed E-state index contributed by atoms with van der Waals surface area (Å²) in [4.78, 5) is 21.8. The Morgan fingerprint density at radius 1 is 1.71 bits per heavy atom. The zero-order valence-electron chi connectivity index (χ0n) is 8.70. The minimum atomic E-state index is -0.354. The Kier molecular flexibility index (Phi) is 3.28. The monoisotopic (exact) mass is 254 g/mol. The molecule has 0 bridgehead atoms. The number of H-pyrrole nitrogens is 1. The second-order valence-electron chi connectivity index (χ2n) is 3.14. The molecule has 0 aliphatic carbocycles. The lowest BCUT2D eigenvalue weighted by molar-refractivity contribution is 0.321. The second kappa shape index (κ2) is 4.87. The summed E-state index contributed by atoms with van der Waals surface area (Å²) in [5.41, 5.74) is 5.81. The number of thioether (sulfide) groups is 1. The van der Waals surface area contributed by atoms with Crippen molar-refractivity contribution < 1.29 is 5.21 Å². The van der Waals surface area contributed by atoms with Gasteiger partial charge < -0.3 is 15.5 Å². The van der Waals surface area contributed by atoms with Crippen LogP contribution in [0.1, 0.15) is 0 Å². The van der Waals surface area contributed by atoms with Crippen LogP contribution in [-0.2, 0) is 5.88 Å². The number of hydrogen-bond acceptors (Lipinski definition) is 7.